The zero-order valence-corrected chi connectivity index (χ0v) is 16.8. The van der Waals surface area contributed by atoms with E-state index in [-0.39, 0.29) is 5.91 Å². The zero-order valence-electron chi connectivity index (χ0n) is 12.8. The van der Waals surface area contributed by atoms with Crippen molar-refractivity contribution in [2.75, 3.05) is 5.32 Å². The van der Waals surface area contributed by atoms with Gasteiger partial charge in [0.15, 0.2) is 0 Å². The van der Waals surface area contributed by atoms with Crippen molar-refractivity contribution in [1.82, 2.24) is 14.8 Å². The minimum atomic E-state index is -0.184. The van der Waals surface area contributed by atoms with Crippen LogP contribution >= 0.6 is 50.2 Å². The molecule has 4 rings (SSSR count). The highest BCUT2D eigenvalue weighted by atomic mass is 79.9. The molecule has 25 heavy (non-hydrogen) atoms. The molecule has 3 heterocycles. The number of fused-ring (bicyclic) bond motifs is 1. The molecule has 0 aliphatic rings. The van der Waals surface area contributed by atoms with Gasteiger partial charge in [-0.1, -0.05) is 29.0 Å². The van der Waals surface area contributed by atoms with Gasteiger partial charge in [0.2, 0.25) is 5.13 Å². The predicted octanol–water partition coefficient (Wildman–Crippen LogP) is 5.52. The van der Waals surface area contributed by atoms with Gasteiger partial charge in [-0.15, -0.1) is 11.3 Å². The molecule has 1 amide bonds. The third-order valence-electron chi connectivity index (χ3n) is 3.41. The van der Waals surface area contributed by atoms with Crippen molar-refractivity contribution in [2.45, 2.75) is 6.92 Å². The van der Waals surface area contributed by atoms with Crippen LogP contribution in [0.5, 0.6) is 0 Å². The number of aromatic nitrogens is 3. The van der Waals surface area contributed by atoms with E-state index in [9.17, 15) is 4.79 Å². The molecule has 0 atom stereocenters. The first-order valence-electron chi connectivity index (χ1n) is 7.20. The van der Waals surface area contributed by atoms with Crippen molar-refractivity contribution >= 4 is 72.1 Å². The van der Waals surface area contributed by atoms with Gasteiger partial charge in [-0.3, -0.25) is 4.79 Å². The maximum Gasteiger partial charge on any atom is 0.266 e. The SMILES string of the molecule is Cc1cc(NC(=O)c2ccc(Br)s2)n(-c2nc3c(Cl)cccc3s2)n1. The summed E-state index contributed by atoms with van der Waals surface area (Å²) in [5.74, 6) is 0.387. The van der Waals surface area contributed by atoms with Crippen molar-refractivity contribution in [3.05, 3.63) is 55.8 Å². The molecule has 0 radical (unpaired) electrons. The average molecular weight is 454 g/mol. The van der Waals surface area contributed by atoms with Gasteiger partial charge >= 0.3 is 0 Å². The monoisotopic (exact) mass is 452 g/mol. The van der Waals surface area contributed by atoms with Crippen molar-refractivity contribution in [1.29, 1.82) is 0 Å². The summed E-state index contributed by atoms with van der Waals surface area (Å²) in [6.07, 6.45) is 0. The predicted molar refractivity (Wildman–Crippen MR) is 106 cm³/mol. The summed E-state index contributed by atoms with van der Waals surface area (Å²) in [5, 5.41) is 8.61. The molecule has 4 aromatic rings. The molecule has 1 N–H and O–H groups in total. The summed E-state index contributed by atoms with van der Waals surface area (Å²) in [6.45, 7) is 1.87. The third kappa shape index (κ3) is 3.22. The van der Waals surface area contributed by atoms with Crippen LogP contribution in [0.3, 0.4) is 0 Å². The standard InChI is InChI=1S/C16H10BrClN4OS2/c1-8-7-13(19-15(23)11-5-6-12(17)24-11)22(21-8)16-20-14-9(18)3-2-4-10(14)25-16/h2-7H,1H3,(H,19,23). The molecule has 5 nitrogen and oxygen atoms in total. The molecule has 0 spiro atoms. The van der Waals surface area contributed by atoms with Crippen LogP contribution in [0.1, 0.15) is 15.4 Å². The lowest BCUT2D eigenvalue weighted by molar-refractivity contribution is 0.103. The van der Waals surface area contributed by atoms with Crippen LogP contribution in [0.4, 0.5) is 5.82 Å². The van der Waals surface area contributed by atoms with E-state index in [1.807, 2.05) is 31.2 Å². The number of thiophene rings is 1. The Morgan fingerprint density at radius 2 is 2.12 bits per heavy atom. The number of rotatable bonds is 3. The molecular weight excluding hydrogens is 444 g/mol. The minimum Gasteiger partial charge on any atom is -0.306 e. The molecule has 0 aliphatic heterocycles. The molecule has 126 valence electrons. The van der Waals surface area contributed by atoms with Gasteiger partial charge in [-0.2, -0.15) is 9.78 Å². The molecule has 0 fully saturated rings. The lowest BCUT2D eigenvalue weighted by Gasteiger charge is -2.05. The van der Waals surface area contributed by atoms with E-state index >= 15 is 0 Å². The van der Waals surface area contributed by atoms with E-state index in [2.05, 4.69) is 31.3 Å². The summed E-state index contributed by atoms with van der Waals surface area (Å²) < 4.78 is 3.51. The number of hydrogen-bond acceptors (Lipinski definition) is 5. The molecule has 0 unspecified atom stereocenters. The normalized spacial score (nSPS) is 11.2. The molecular formula is C16H10BrClN4OS2. The number of anilines is 1. The largest absolute Gasteiger partial charge is 0.306 e. The Labute approximate surface area is 164 Å². The maximum absolute atomic E-state index is 12.4. The number of amides is 1. The van der Waals surface area contributed by atoms with Gasteiger partial charge in [0.25, 0.3) is 5.91 Å². The first kappa shape index (κ1) is 16.7. The van der Waals surface area contributed by atoms with Crippen molar-refractivity contribution in [3.63, 3.8) is 0 Å². The van der Waals surface area contributed by atoms with Crippen LogP contribution < -0.4 is 5.32 Å². The summed E-state index contributed by atoms with van der Waals surface area (Å²) in [6, 6.07) is 11.1. The fraction of sp³-hybridized carbons (Fsp3) is 0.0625. The van der Waals surface area contributed by atoms with Crippen LogP contribution in [0, 0.1) is 6.92 Å². The number of para-hydroxylation sites is 1. The van der Waals surface area contributed by atoms with Crippen LogP contribution in [0.15, 0.2) is 40.2 Å². The number of benzene rings is 1. The number of carbonyl (C=O) groups excluding carboxylic acids is 1. The number of carbonyl (C=O) groups is 1. The Morgan fingerprint density at radius 1 is 1.28 bits per heavy atom. The van der Waals surface area contributed by atoms with E-state index in [1.165, 1.54) is 22.7 Å². The van der Waals surface area contributed by atoms with Crippen molar-refractivity contribution < 1.29 is 4.79 Å². The second kappa shape index (κ2) is 6.53. The maximum atomic E-state index is 12.4. The van der Waals surface area contributed by atoms with Gasteiger partial charge in [0.1, 0.15) is 11.3 Å². The summed E-state index contributed by atoms with van der Waals surface area (Å²) in [5.41, 5.74) is 1.52. The number of nitrogens with one attached hydrogen (secondary N) is 1. The fourth-order valence-electron chi connectivity index (χ4n) is 2.34. The van der Waals surface area contributed by atoms with E-state index in [0.29, 0.717) is 20.8 Å². The molecule has 1 aromatic carbocycles. The van der Waals surface area contributed by atoms with Crippen molar-refractivity contribution in [2.24, 2.45) is 0 Å². The summed E-state index contributed by atoms with van der Waals surface area (Å²) in [4.78, 5) is 17.6. The van der Waals surface area contributed by atoms with E-state index in [1.54, 1.807) is 16.8 Å². The first-order valence-corrected chi connectivity index (χ1v) is 10.0. The number of aryl methyl sites for hydroxylation is 1. The lowest BCUT2D eigenvalue weighted by atomic mass is 10.3. The Bertz CT molecular complexity index is 1100. The van der Waals surface area contributed by atoms with Crippen LogP contribution in [0.2, 0.25) is 5.02 Å². The average Bonchev–Trinajstić information content (AvgIpc) is 3.26. The molecule has 0 saturated heterocycles. The fourth-order valence-corrected chi connectivity index (χ4v) is 4.85. The van der Waals surface area contributed by atoms with Gasteiger partial charge in [0.05, 0.1) is 24.1 Å². The van der Waals surface area contributed by atoms with Crippen LogP contribution in [-0.2, 0) is 0 Å². The first-order chi connectivity index (χ1) is 12.0. The summed E-state index contributed by atoms with van der Waals surface area (Å²) >= 11 is 12.4. The minimum absolute atomic E-state index is 0.184. The Balaban J connectivity index is 1.73. The number of thiazole rings is 1. The summed E-state index contributed by atoms with van der Waals surface area (Å²) in [7, 11) is 0. The molecule has 0 saturated carbocycles. The van der Waals surface area contributed by atoms with Gasteiger partial charge in [0, 0.05) is 6.07 Å². The highest BCUT2D eigenvalue weighted by Gasteiger charge is 2.17. The van der Waals surface area contributed by atoms with Crippen molar-refractivity contribution in [3.8, 4) is 5.13 Å². The highest BCUT2D eigenvalue weighted by molar-refractivity contribution is 9.11. The van der Waals surface area contributed by atoms with E-state index < -0.39 is 0 Å². The Hall–Kier alpha value is -1.74. The van der Waals surface area contributed by atoms with E-state index in [4.69, 9.17) is 11.6 Å². The number of halogens is 2. The smallest absolute Gasteiger partial charge is 0.266 e. The van der Waals surface area contributed by atoms with E-state index in [0.717, 1.165) is 19.7 Å². The highest BCUT2D eigenvalue weighted by Crippen LogP contribution is 2.31. The second-order valence-corrected chi connectivity index (χ2v) is 9.10. The molecule has 9 heteroatoms. The van der Waals surface area contributed by atoms with Crippen LogP contribution in [-0.4, -0.2) is 20.7 Å². The van der Waals surface area contributed by atoms with Gasteiger partial charge in [-0.05, 0) is 47.1 Å². The molecule has 0 bridgehead atoms. The van der Waals surface area contributed by atoms with Gasteiger partial charge < -0.3 is 5.32 Å². The number of hydrogen-bond donors (Lipinski definition) is 1. The Morgan fingerprint density at radius 3 is 2.84 bits per heavy atom. The quantitative estimate of drug-likeness (QED) is 0.444. The Kier molecular flexibility index (Phi) is 4.36. The second-order valence-electron chi connectivity index (χ2n) is 5.22. The zero-order chi connectivity index (χ0) is 17.6. The van der Waals surface area contributed by atoms with Crippen LogP contribution in [0.25, 0.3) is 15.3 Å². The topological polar surface area (TPSA) is 59.8 Å². The van der Waals surface area contributed by atoms with Gasteiger partial charge in [-0.25, -0.2) is 4.98 Å². The lowest BCUT2D eigenvalue weighted by Crippen LogP contribution is -2.13. The number of nitrogens with zero attached hydrogens (tertiary/aromatic N) is 3. The molecule has 3 aromatic heterocycles. The molecule has 0 aliphatic carbocycles. The third-order valence-corrected chi connectivity index (χ3v) is 6.33.